The zero-order valence-electron chi connectivity index (χ0n) is 18.8. The maximum absolute atomic E-state index is 6.12. The molecule has 9 heteroatoms. The number of aromatic nitrogens is 3. The van der Waals surface area contributed by atoms with Crippen LogP contribution in [0.5, 0.6) is 23.0 Å². The van der Waals surface area contributed by atoms with E-state index in [1.165, 1.54) is 0 Å². The molecule has 32 heavy (non-hydrogen) atoms. The second kappa shape index (κ2) is 9.62. The molecule has 0 amide bonds. The van der Waals surface area contributed by atoms with Gasteiger partial charge in [0.15, 0.2) is 39.7 Å². The van der Waals surface area contributed by atoms with Gasteiger partial charge < -0.3 is 23.5 Å². The number of nitrogens with zero attached hydrogens (tertiary/aromatic N) is 4. The first-order valence-electron chi connectivity index (χ1n) is 10.5. The van der Waals surface area contributed by atoms with Crippen molar-refractivity contribution in [1.82, 2.24) is 19.2 Å². The van der Waals surface area contributed by atoms with E-state index in [4.69, 9.17) is 36.3 Å². The largest absolute Gasteiger partial charge is 0.493 e. The number of rotatable bonds is 8. The van der Waals surface area contributed by atoms with E-state index >= 15 is 0 Å². The minimum Gasteiger partial charge on any atom is -0.493 e. The molecule has 0 unspecified atom stereocenters. The van der Waals surface area contributed by atoms with E-state index in [-0.39, 0.29) is 6.10 Å². The topological polar surface area (TPSA) is 62.9 Å². The molecule has 1 aromatic heterocycles. The van der Waals surface area contributed by atoms with Crippen LogP contribution in [-0.4, -0.2) is 46.6 Å². The summed E-state index contributed by atoms with van der Waals surface area (Å²) in [7, 11) is 5.58. The zero-order chi connectivity index (χ0) is 22.7. The Bertz CT molecular complexity index is 1140. The van der Waals surface area contributed by atoms with Crippen LogP contribution in [0.2, 0.25) is 0 Å². The van der Waals surface area contributed by atoms with Crippen LogP contribution in [0.25, 0.3) is 0 Å². The van der Waals surface area contributed by atoms with Crippen LogP contribution in [0.3, 0.4) is 0 Å². The van der Waals surface area contributed by atoms with Crippen LogP contribution >= 0.6 is 12.2 Å². The first kappa shape index (κ1) is 22.2. The standard InChI is InChI=1S/C23H28N4O4S/c1-5-29-18-11-10-16(12-20(18)28-4)13-25(2)15-27-23(32)26(3)22(24-27)21-14-30-17-8-6-7-9-19(17)31-21/h6-12,21H,5,13-15H2,1-4H3/t21-/m0/s1. The number of benzene rings is 2. The van der Waals surface area contributed by atoms with Crippen molar-refractivity contribution in [2.45, 2.75) is 26.2 Å². The molecule has 0 radical (unpaired) electrons. The molecule has 0 spiro atoms. The van der Waals surface area contributed by atoms with Crippen molar-refractivity contribution in [2.24, 2.45) is 7.05 Å². The SMILES string of the molecule is CCOc1ccc(CN(C)Cn2nc([C@@H]3COc4ccccc4O3)n(C)c2=S)cc1OC. The van der Waals surface area contributed by atoms with Gasteiger partial charge in [0.1, 0.15) is 6.61 Å². The first-order chi connectivity index (χ1) is 15.5. The van der Waals surface area contributed by atoms with Crippen molar-refractivity contribution >= 4 is 12.2 Å². The highest BCUT2D eigenvalue weighted by Crippen LogP contribution is 2.35. The summed E-state index contributed by atoms with van der Waals surface area (Å²) in [6.45, 7) is 4.17. The summed E-state index contributed by atoms with van der Waals surface area (Å²) in [4.78, 5) is 2.13. The number of hydrogen-bond donors (Lipinski definition) is 0. The van der Waals surface area contributed by atoms with Gasteiger partial charge in [-0.1, -0.05) is 18.2 Å². The minimum absolute atomic E-state index is 0.321. The van der Waals surface area contributed by atoms with E-state index in [0.29, 0.717) is 36.9 Å². The first-order valence-corrected chi connectivity index (χ1v) is 10.9. The van der Waals surface area contributed by atoms with Gasteiger partial charge in [-0.2, -0.15) is 5.10 Å². The summed E-state index contributed by atoms with van der Waals surface area (Å²) in [5, 5.41) is 4.74. The average molecular weight is 457 g/mol. The highest BCUT2D eigenvalue weighted by Gasteiger charge is 2.27. The average Bonchev–Trinajstić information content (AvgIpc) is 3.08. The normalized spacial score (nSPS) is 15.1. The van der Waals surface area contributed by atoms with Gasteiger partial charge in [-0.25, -0.2) is 4.68 Å². The Balaban J connectivity index is 1.47. The predicted molar refractivity (Wildman–Crippen MR) is 123 cm³/mol. The predicted octanol–water partition coefficient (Wildman–Crippen LogP) is 3.96. The van der Waals surface area contributed by atoms with Gasteiger partial charge in [0.25, 0.3) is 0 Å². The fraction of sp³-hybridized carbons (Fsp3) is 0.391. The lowest BCUT2D eigenvalue weighted by atomic mass is 10.2. The number of hydrogen-bond acceptors (Lipinski definition) is 7. The highest BCUT2D eigenvalue weighted by atomic mass is 32.1. The Hall–Kier alpha value is -3.04. The van der Waals surface area contributed by atoms with E-state index < -0.39 is 0 Å². The molecule has 0 bridgehead atoms. The molecule has 8 nitrogen and oxygen atoms in total. The fourth-order valence-electron chi connectivity index (χ4n) is 3.70. The molecule has 0 aliphatic carbocycles. The molecule has 0 fully saturated rings. The van der Waals surface area contributed by atoms with Crippen molar-refractivity contribution < 1.29 is 18.9 Å². The van der Waals surface area contributed by atoms with Crippen molar-refractivity contribution in [3.8, 4) is 23.0 Å². The van der Waals surface area contributed by atoms with Gasteiger partial charge in [-0.15, -0.1) is 0 Å². The zero-order valence-corrected chi connectivity index (χ0v) is 19.6. The maximum Gasteiger partial charge on any atom is 0.198 e. The van der Waals surface area contributed by atoms with Gasteiger partial charge in [0.2, 0.25) is 0 Å². The summed E-state index contributed by atoms with van der Waals surface area (Å²) in [5.41, 5.74) is 1.11. The molecule has 1 atom stereocenters. The Labute approximate surface area is 192 Å². The summed E-state index contributed by atoms with van der Waals surface area (Å²) in [6.07, 6.45) is -0.321. The molecule has 3 aromatic rings. The van der Waals surface area contributed by atoms with Gasteiger partial charge >= 0.3 is 0 Å². The summed E-state index contributed by atoms with van der Waals surface area (Å²) in [5.74, 6) is 3.67. The third-order valence-electron chi connectivity index (χ3n) is 5.23. The van der Waals surface area contributed by atoms with Crippen LogP contribution in [-0.2, 0) is 20.3 Å². The number of para-hydroxylation sites is 2. The van der Waals surface area contributed by atoms with E-state index in [9.17, 15) is 0 Å². The quantitative estimate of drug-likeness (QED) is 0.476. The molecule has 170 valence electrons. The molecule has 1 aliphatic heterocycles. The van der Waals surface area contributed by atoms with E-state index in [1.807, 2.05) is 68.1 Å². The van der Waals surface area contributed by atoms with Crippen molar-refractivity contribution in [3.63, 3.8) is 0 Å². The second-order valence-corrected chi connectivity index (χ2v) is 8.00. The van der Waals surface area contributed by atoms with Crippen molar-refractivity contribution in [3.05, 3.63) is 58.6 Å². The van der Waals surface area contributed by atoms with Crippen LogP contribution in [0.4, 0.5) is 0 Å². The summed E-state index contributed by atoms with van der Waals surface area (Å²) >= 11 is 5.63. The summed E-state index contributed by atoms with van der Waals surface area (Å²) in [6, 6.07) is 13.6. The van der Waals surface area contributed by atoms with Crippen LogP contribution in [0.1, 0.15) is 24.4 Å². The molecule has 0 saturated carbocycles. The number of methoxy groups -OCH3 is 1. The van der Waals surface area contributed by atoms with Crippen LogP contribution < -0.4 is 18.9 Å². The molecule has 0 N–H and O–H groups in total. The van der Waals surface area contributed by atoms with Gasteiger partial charge in [-0.3, -0.25) is 4.90 Å². The molecule has 1 aliphatic rings. The monoisotopic (exact) mass is 456 g/mol. The van der Waals surface area contributed by atoms with Crippen LogP contribution in [0.15, 0.2) is 42.5 Å². The summed E-state index contributed by atoms with van der Waals surface area (Å²) < 4.78 is 27.3. The van der Waals surface area contributed by atoms with E-state index in [0.717, 1.165) is 28.6 Å². The lowest BCUT2D eigenvalue weighted by Gasteiger charge is -2.25. The van der Waals surface area contributed by atoms with Crippen LogP contribution in [0, 0.1) is 4.77 Å². The second-order valence-electron chi connectivity index (χ2n) is 7.64. The van der Waals surface area contributed by atoms with E-state index in [2.05, 4.69) is 4.90 Å². The van der Waals surface area contributed by atoms with Gasteiger partial charge in [0.05, 0.1) is 20.4 Å². The maximum atomic E-state index is 6.12. The molecular formula is C23H28N4O4S. The van der Waals surface area contributed by atoms with Gasteiger partial charge in [-0.05, 0) is 56.0 Å². The molecule has 2 heterocycles. The van der Waals surface area contributed by atoms with Gasteiger partial charge in [0, 0.05) is 13.6 Å². The third kappa shape index (κ3) is 4.58. The number of fused-ring (bicyclic) bond motifs is 1. The molecule has 0 saturated heterocycles. The Kier molecular flexibility index (Phi) is 6.66. The van der Waals surface area contributed by atoms with E-state index in [1.54, 1.807) is 11.8 Å². The highest BCUT2D eigenvalue weighted by molar-refractivity contribution is 7.71. The molecule has 4 rings (SSSR count). The Morgan fingerprint density at radius 3 is 2.72 bits per heavy atom. The number of ether oxygens (including phenoxy) is 4. The Morgan fingerprint density at radius 2 is 1.97 bits per heavy atom. The lowest BCUT2D eigenvalue weighted by molar-refractivity contribution is 0.0821. The van der Waals surface area contributed by atoms with Crippen molar-refractivity contribution in [2.75, 3.05) is 27.4 Å². The lowest BCUT2D eigenvalue weighted by Crippen LogP contribution is -2.25. The Morgan fingerprint density at radius 1 is 1.19 bits per heavy atom. The molecule has 2 aromatic carbocycles. The molecular weight excluding hydrogens is 428 g/mol. The van der Waals surface area contributed by atoms with Crippen molar-refractivity contribution in [1.29, 1.82) is 0 Å². The smallest absolute Gasteiger partial charge is 0.198 e. The fourth-order valence-corrected chi connectivity index (χ4v) is 3.89. The third-order valence-corrected chi connectivity index (χ3v) is 5.71. The minimum atomic E-state index is -0.321.